The molecule has 1 amide bonds. The Morgan fingerprint density at radius 1 is 1.27 bits per heavy atom. The van der Waals surface area contributed by atoms with Gasteiger partial charge in [0.1, 0.15) is 0 Å². The molecule has 114 valence electrons. The van der Waals surface area contributed by atoms with Crippen LogP contribution < -0.4 is 10.9 Å². The topological polar surface area (TPSA) is 107 Å². The van der Waals surface area contributed by atoms with Crippen molar-refractivity contribution < 1.29 is 9.72 Å². The maximum atomic E-state index is 11.8. The number of hydrogen-bond acceptors (Lipinski definition) is 5. The molecule has 0 saturated carbocycles. The molecule has 0 unspecified atom stereocenters. The van der Waals surface area contributed by atoms with Gasteiger partial charge in [-0.2, -0.15) is 0 Å². The molecule has 2 aromatic rings. The number of hydrogen-bond donors (Lipinski definition) is 1. The normalized spacial score (nSPS) is 10.2. The van der Waals surface area contributed by atoms with Crippen LogP contribution in [0.15, 0.2) is 47.7 Å². The summed E-state index contributed by atoms with van der Waals surface area (Å²) in [5.41, 5.74) is 0.487. The Balaban J connectivity index is 1.82. The third-order valence-corrected chi connectivity index (χ3v) is 2.98. The van der Waals surface area contributed by atoms with Gasteiger partial charge in [0, 0.05) is 37.5 Å². The Hall–Kier alpha value is -3.03. The Morgan fingerprint density at radius 3 is 2.64 bits per heavy atom. The number of aromatic nitrogens is 2. The molecule has 0 aliphatic heterocycles. The van der Waals surface area contributed by atoms with Gasteiger partial charge < -0.3 is 5.32 Å². The lowest BCUT2D eigenvalue weighted by atomic mass is 10.1. The molecule has 1 N–H and O–H groups in total. The number of nitro benzene ring substituents is 1. The number of benzene rings is 1. The second kappa shape index (κ2) is 7.11. The predicted molar refractivity (Wildman–Crippen MR) is 78.3 cm³/mol. The zero-order chi connectivity index (χ0) is 15.9. The largest absolute Gasteiger partial charge is 0.354 e. The number of nitrogens with zero attached hydrogens (tertiary/aromatic N) is 3. The van der Waals surface area contributed by atoms with E-state index in [1.807, 2.05) is 0 Å². The maximum absolute atomic E-state index is 11.8. The summed E-state index contributed by atoms with van der Waals surface area (Å²) in [6.45, 7) is 0.635. The average molecular weight is 302 g/mol. The van der Waals surface area contributed by atoms with Gasteiger partial charge in [-0.1, -0.05) is 12.1 Å². The van der Waals surface area contributed by atoms with Gasteiger partial charge in [0.05, 0.1) is 17.7 Å². The van der Waals surface area contributed by atoms with Crippen molar-refractivity contribution in [1.29, 1.82) is 0 Å². The van der Waals surface area contributed by atoms with Crippen LogP contribution in [0.4, 0.5) is 5.69 Å². The fraction of sp³-hybridized carbons (Fsp3) is 0.214. The fourth-order valence-electron chi connectivity index (χ4n) is 1.85. The Labute approximate surface area is 125 Å². The summed E-state index contributed by atoms with van der Waals surface area (Å²) in [4.78, 5) is 37.1. The molecule has 2 rings (SSSR count). The van der Waals surface area contributed by atoms with Crippen LogP contribution in [0, 0.1) is 10.1 Å². The number of carbonyl (C=O) groups excluding carboxylic acids is 1. The zero-order valence-corrected chi connectivity index (χ0v) is 11.6. The molecule has 1 heterocycles. The van der Waals surface area contributed by atoms with Crippen LogP contribution in [0.1, 0.15) is 5.56 Å². The first-order chi connectivity index (χ1) is 10.6. The molecule has 0 aliphatic rings. The number of amides is 1. The highest BCUT2D eigenvalue weighted by atomic mass is 16.6. The molecule has 8 nitrogen and oxygen atoms in total. The molecule has 0 radical (unpaired) electrons. The number of rotatable bonds is 6. The number of nitrogens with one attached hydrogen (secondary N) is 1. The van der Waals surface area contributed by atoms with Gasteiger partial charge in [0.2, 0.25) is 5.91 Å². The van der Waals surface area contributed by atoms with Crippen LogP contribution in [-0.4, -0.2) is 26.9 Å². The minimum Gasteiger partial charge on any atom is -0.354 e. The minimum absolute atomic E-state index is 0.0138. The van der Waals surface area contributed by atoms with E-state index in [9.17, 15) is 19.7 Å². The minimum atomic E-state index is -0.491. The lowest BCUT2D eigenvalue weighted by Gasteiger charge is -2.07. The summed E-state index contributed by atoms with van der Waals surface area (Å²) in [6, 6.07) is 7.15. The first-order valence-corrected chi connectivity index (χ1v) is 6.57. The van der Waals surface area contributed by atoms with Crippen LogP contribution >= 0.6 is 0 Å². The van der Waals surface area contributed by atoms with E-state index in [2.05, 4.69) is 10.3 Å². The molecular weight excluding hydrogens is 288 g/mol. The predicted octanol–water partition coefficient (Wildman–Crippen LogP) is 0.510. The summed E-state index contributed by atoms with van der Waals surface area (Å²) in [5, 5.41) is 13.2. The highest BCUT2D eigenvalue weighted by Gasteiger charge is 2.07. The lowest BCUT2D eigenvalue weighted by Crippen LogP contribution is -2.31. The molecule has 0 aliphatic carbocycles. The Bertz CT molecular complexity index is 724. The highest BCUT2D eigenvalue weighted by Crippen LogP contribution is 2.12. The van der Waals surface area contributed by atoms with Gasteiger partial charge in [-0.15, -0.1) is 0 Å². The molecule has 22 heavy (non-hydrogen) atoms. The molecule has 0 bridgehead atoms. The van der Waals surface area contributed by atoms with Crippen molar-refractivity contribution in [2.45, 2.75) is 13.0 Å². The summed E-state index contributed by atoms with van der Waals surface area (Å²) >= 11 is 0. The van der Waals surface area contributed by atoms with Crippen molar-refractivity contribution in [3.8, 4) is 0 Å². The van der Waals surface area contributed by atoms with Crippen LogP contribution in [0.25, 0.3) is 0 Å². The molecule has 0 saturated heterocycles. The molecule has 0 atom stereocenters. The van der Waals surface area contributed by atoms with E-state index in [4.69, 9.17) is 0 Å². The van der Waals surface area contributed by atoms with Gasteiger partial charge in [-0.05, 0) is 5.56 Å². The van der Waals surface area contributed by atoms with Gasteiger partial charge >= 0.3 is 0 Å². The number of nitro groups is 1. The maximum Gasteiger partial charge on any atom is 0.269 e. The first-order valence-electron chi connectivity index (χ1n) is 6.57. The van der Waals surface area contributed by atoms with Crippen LogP contribution in [0.2, 0.25) is 0 Å². The number of carbonyl (C=O) groups is 1. The lowest BCUT2D eigenvalue weighted by molar-refractivity contribution is -0.384. The third-order valence-electron chi connectivity index (χ3n) is 2.98. The summed E-state index contributed by atoms with van der Waals surface area (Å²) in [7, 11) is 0. The SMILES string of the molecule is O=C(Cc1ccc([N+](=O)[O-])cc1)NCCn1cnccc1=O. The molecule has 0 fully saturated rings. The molecule has 0 spiro atoms. The Morgan fingerprint density at radius 2 is 2.00 bits per heavy atom. The quantitative estimate of drug-likeness (QED) is 0.618. The summed E-state index contributed by atoms with van der Waals surface area (Å²) in [5.74, 6) is -0.217. The standard InChI is InChI=1S/C14H14N4O4/c19-13(9-11-1-3-12(4-2-11)18(21)22)16-7-8-17-10-15-6-5-14(17)20/h1-6,10H,7-9H2,(H,16,19). The first kappa shape index (κ1) is 15.4. The van der Waals surface area contributed by atoms with E-state index in [0.29, 0.717) is 18.7 Å². The molecule has 8 heteroatoms. The van der Waals surface area contributed by atoms with Crippen molar-refractivity contribution in [3.63, 3.8) is 0 Å². The Kier molecular flexibility index (Phi) is 4.97. The van der Waals surface area contributed by atoms with E-state index in [0.717, 1.165) is 0 Å². The van der Waals surface area contributed by atoms with Gasteiger partial charge in [0.25, 0.3) is 11.2 Å². The van der Waals surface area contributed by atoms with Crippen molar-refractivity contribution in [3.05, 3.63) is 68.9 Å². The second-order valence-corrected chi connectivity index (χ2v) is 4.56. The smallest absolute Gasteiger partial charge is 0.269 e. The second-order valence-electron chi connectivity index (χ2n) is 4.56. The van der Waals surface area contributed by atoms with Crippen LogP contribution in [-0.2, 0) is 17.8 Å². The van der Waals surface area contributed by atoms with Crippen molar-refractivity contribution in [1.82, 2.24) is 14.9 Å². The van der Waals surface area contributed by atoms with Crippen molar-refractivity contribution in [2.24, 2.45) is 0 Å². The van der Waals surface area contributed by atoms with E-state index in [-0.39, 0.29) is 23.6 Å². The average Bonchev–Trinajstić information content (AvgIpc) is 2.50. The summed E-state index contributed by atoms with van der Waals surface area (Å²) < 4.78 is 1.39. The molecular formula is C14H14N4O4. The molecule has 1 aromatic heterocycles. The van der Waals surface area contributed by atoms with Crippen molar-refractivity contribution >= 4 is 11.6 Å². The van der Waals surface area contributed by atoms with E-state index >= 15 is 0 Å². The molecule has 1 aromatic carbocycles. The summed E-state index contributed by atoms with van der Waals surface area (Å²) in [6.07, 6.45) is 2.94. The van der Waals surface area contributed by atoms with Crippen molar-refractivity contribution in [2.75, 3.05) is 6.54 Å². The van der Waals surface area contributed by atoms with Gasteiger partial charge in [-0.25, -0.2) is 4.98 Å². The van der Waals surface area contributed by atoms with E-state index in [1.54, 1.807) is 12.1 Å². The van der Waals surface area contributed by atoms with Crippen LogP contribution in [0.5, 0.6) is 0 Å². The van der Waals surface area contributed by atoms with Crippen LogP contribution in [0.3, 0.4) is 0 Å². The van der Waals surface area contributed by atoms with E-state index < -0.39 is 4.92 Å². The number of non-ortho nitro benzene ring substituents is 1. The third kappa shape index (κ3) is 4.23. The van der Waals surface area contributed by atoms with Gasteiger partial charge in [0.15, 0.2) is 0 Å². The highest BCUT2D eigenvalue weighted by molar-refractivity contribution is 5.78. The zero-order valence-electron chi connectivity index (χ0n) is 11.6. The monoisotopic (exact) mass is 302 g/mol. The fourth-order valence-corrected chi connectivity index (χ4v) is 1.85. The van der Waals surface area contributed by atoms with E-state index in [1.165, 1.54) is 35.3 Å². The van der Waals surface area contributed by atoms with Gasteiger partial charge in [-0.3, -0.25) is 24.3 Å².